The maximum atomic E-state index is 12.1. The average molecular weight is 385 g/mol. The summed E-state index contributed by atoms with van der Waals surface area (Å²) in [5.41, 5.74) is 1.70. The fraction of sp³-hybridized carbons (Fsp3) is 0.381. The molecule has 0 saturated carbocycles. The van der Waals surface area contributed by atoms with Crippen LogP contribution in [0, 0.1) is 6.92 Å². The van der Waals surface area contributed by atoms with Crippen molar-refractivity contribution >= 4 is 17.5 Å². The van der Waals surface area contributed by atoms with Gasteiger partial charge in [0.2, 0.25) is 5.91 Å². The van der Waals surface area contributed by atoms with Gasteiger partial charge in [-0.2, -0.15) is 0 Å². The molecule has 0 aliphatic rings. The number of hydrogen-bond acceptors (Lipinski definition) is 4. The summed E-state index contributed by atoms with van der Waals surface area (Å²) in [4.78, 5) is 36.1. The lowest BCUT2D eigenvalue weighted by Crippen LogP contribution is -2.27. The molecular weight excluding hydrogens is 358 g/mol. The van der Waals surface area contributed by atoms with Gasteiger partial charge in [-0.3, -0.25) is 14.4 Å². The molecule has 0 aliphatic heterocycles. The highest BCUT2D eigenvalue weighted by Gasteiger charge is 2.08. The zero-order valence-corrected chi connectivity index (χ0v) is 16.5. The van der Waals surface area contributed by atoms with Gasteiger partial charge in [-0.25, -0.2) is 0 Å². The lowest BCUT2D eigenvalue weighted by molar-refractivity contribution is -0.116. The lowest BCUT2D eigenvalue weighted by atomic mass is 10.2. The summed E-state index contributed by atoms with van der Waals surface area (Å²) >= 11 is 0. The van der Waals surface area contributed by atoms with E-state index >= 15 is 0 Å². The number of carbonyl (C=O) groups excluding carboxylic acids is 2. The largest absolute Gasteiger partial charge is 0.379 e. The van der Waals surface area contributed by atoms with E-state index in [4.69, 9.17) is 4.74 Å². The fourth-order valence-electron chi connectivity index (χ4n) is 2.49. The van der Waals surface area contributed by atoms with Crippen LogP contribution in [0.5, 0.6) is 0 Å². The first kappa shape index (κ1) is 21.4. The normalized spacial score (nSPS) is 10.7. The summed E-state index contributed by atoms with van der Waals surface area (Å²) in [6, 6.07) is 9.87. The molecular formula is C21H27N3O4. The highest BCUT2D eigenvalue weighted by Crippen LogP contribution is 2.10. The minimum atomic E-state index is -0.312. The summed E-state index contributed by atoms with van der Waals surface area (Å²) in [6.45, 7) is 6.83. The van der Waals surface area contributed by atoms with Crippen LogP contribution in [0.4, 0.5) is 5.69 Å². The lowest BCUT2D eigenvalue weighted by Gasteiger charge is -2.10. The fourth-order valence-corrected chi connectivity index (χ4v) is 2.49. The molecule has 0 aliphatic carbocycles. The number of anilines is 1. The van der Waals surface area contributed by atoms with E-state index in [1.54, 1.807) is 36.5 Å². The number of aromatic nitrogens is 1. The first-order valence-corrected chi connectivity index (χ1v) is 9.32. The monoisotopic (exact) mass is 385 g/mol. The van der Waals surface area contributed by atoms with Crippen molar-refractivity contribution in [3.63, 3.8) is 0 Å². The Balaban J connectivity index is 1.82. The zero-order valence-electron chi connectivity index (χ0n) is 16.5. The highest BCUT2D eigenvalue weighted by atomic mass is 16.5. The SMILES string of the molecule is Cc1ccn(CC(=O)Nc2ccc(C(=O)NCCCOC(C)C)cc2)c(=O)c1. The van der Waals surface area contributed by atoms with Gasteiger partial charge in [-0.1, -0.05) is 0 Å². The molecule has 0 radical (unpaired) electrons. The number of ether oxygens (including phenoxy) is 1. The van der Waals surface area contributed by atoms with E-state index in [2.05, 4.69) is 10.6 Å². The van der Waals surface area contributed by atoms with Gasteiger partial charge in [0, 0.05) is 36.7 Å². The maximum absolute atomic E-state index is 12.1. The first-order valence-electron chi connectivity index (χ1n) is 9.32. The van der Waals surface area contributed by atoms with Crippen LogP contribution in [0.15, 0.2) is 47.4 Å². The number of rotatable bonds is 9. The first-order chi connectivity index (χ1) is 13.3. The average Bonchev–Trinajstić information content (AvgIpc) is 2.64. The quantitative estimate of drug-likeness (QED) is 0.649. The third-order valence-corrected chi connectivity index (χ3v) is 3.95. The molecule has 7 heteroatoms. The van der Waals surface area contributed by atoms with Crippen molar-refractivity contribution < 1.29 is 14.3 Å². The van der Waals surface area contributed by atoms with Crippen LogP contribution in [0.25, 0.3) is 0 Å². The Bertz CT molecular complexity index is 857. The summed E-state index contributed by atoms with van der Waals surface area (Å²) in [5.74, 6) is -0.484. The van der Waals surface area contributed by atoms with Crippen molar-refractivity contribution in [1.82, 2.24) is 9.88 Å². The van der Waals surface area contributed by atoms with Crippen LogP contribution in [0.2, 0.25) is 0 Å². The van der Waals surface area contributed by atoms with Crippen LogP contribution >= 0.6 is 0 Å². The molecule has 1 aromatic carbocycles. The number of benzene rings is 1. The van der Waals surface area contributed by atoms with Crippen molar-refractivity contribution in [2.24, 2.45) is 0 Å². The van der Waals surface area contributed by atoms with Gasteiger partial charge in [0.05, 0.1) is 6.10 Å². The maximum Gasteiger partial charge on any atom is 0.251 e. The summed E-state index contributed by atoms with van der Waals surface area (Å²) in [6.07, 6.45) is 2.52. The van der Waals surface area contributed by atoms with Crippen molar-refractivity contribution in [3.8, 4) is 0 Å². The highest BCUT2D eigenvalue weighted by molar-refractivity contribution is 5.95. The van der Waals surface area contributed by atoms with Crippen LogP contribution < -0.4 is 16.2 Å². The molecule has 0 fully saturated rings. The second-order valence-corrected chi connectivity index (χ2v) is 6.82. The standard InChI is InChI=1S/C21H27N3O4/c1-15(2)28-12-4-10-22-21(27)17-5-7-18(8-6-17)23-19(25)14-24-11-9-16(3)13-20(24)26/h5-9,11,13,15H,4,10,12,14H2,1-3H3,(H,22,27)(H,23,25). The van der Waals surface area contributed by atoms with E-state index in [0.717, 1.165) is 12.0 Å². The van der Waals surface area contributed by atoms with Crippen LogP contribution in [0.1, 0.15) is 36.2 Å². The number of carbonyl (C=O) groups is 2. The molecule has 1 heterocycles. The summed E-state index contributed by atoms with van der Waals surface area (Å²) < 4.78 is 6.77. The number of nitrogens with zero attached hydrogens (tertiary/aromatic N) is 1. The van der Waals surface area contributed by atoms with Crippen molar-refractivity contribution in [3.05, 3.63) is 64.1 Å². The van der Waals surface area contributed by atoms with Gasteiger partial charge in [0.15, 0.2) is 0 Å². The van der Waals surface area contributed by atoms with Crippen LogP contribution in [-0.4, -0.2) is 35.6 Å². The van der Waals surface area contributed by atoms with E-state index in [1.807, 2.05) is 20.8 Å². The smallest absolute Gasteiger partial charge is 0.251 e. The van der Waals surface area contributed by atoms with Gasteiger partial charge in [0.25, 0.3) is 11.5 Å². The van der Waals surface area contributed by atoms with E-state index in [0.29, 0.717) is 24.4 Å². The number of pyridine rings is 1. The van der Waals surface area contributed by atoms with Gasteiger partial charge in [-0.15, -0.1) is 0 Å². The molecule has 2 amide bonds. The topological polar surface area (TPSA) is 89.4 Å². The Morgan fingerprint density at radius 1 is 1.14 bits per heavy atom. The molecule has 28 heavy (non-hydrogen) atoms. The third-order valence-electron chi connectivity index (χ3n) is 3.95. The van der Waals surface area contributed by atoms with E-state index in [1.165, 1.54) is 10.6 Å². The molecule has 2 rings (SSSR count). The Hall–Kier alpha value is -2.93. The second-order valence-electron chi connectivity index (χ2n) is 6.82. The molecule has 2 N–H and O–H groups in total. The van der Waals surface area contributed by atoms with Crippen molar-refractivity contribution in [1.29, 1.82) is 0 Å². The molecule has 0 atom stereocenters. The molecule has 2 aromatic rings. The van der Waals surface area contributed by atoms with Gasteiger partial charge >= 0.3 is 0 Å². The minimum Gasteiger partial charge on any atom is -0.379 e. The van der Waals surface area contributed by atoms with E-state index in [9.17, 15) is 14.4 Å². The summed E-state index contributed by atoms with van der Waals surface area (Å²) in [5, 5.41) is 5.55. The Labute approximate surface area is 164 Å². The second kappa shape index (κ2) is 10.4. The third kappa shape index (κ3) is 7.00. The minimum absolute atomic E-state index is 0.0696. The van der Waals surface area contributed by atoms with Gasteiger partial charge in [-0.05, 0) is 63.1 Å². The Morgan fingerprint density at radius 2 is 1.86 bits per heavy atom. The molecule has 7 nitrogen and oxygen atoms in total. The number of hydrogen-bond donors (Lipinski definition) is 2. The van der Waals surface area contributed by atoms with Crippen LogP contribution in [0.3, 0.4) is 0 Å². The van der Waals surface area contributed by atoms with Crippen LogP contribution in [-0.2, 0) is 16.1 Å². The molecule has 0 unspecified atom stereocenters. The van der Waals surface area contributed by atoms with E-state index in [-0.39, 0.29) is 30.0 Å². The predicted molar refractivity (Wildman–Crippen MR) is 109 cm³/mol. The van der Waals surface area contributed by atoms with E-state index < -0.39 is 0 Å². The van der Waals surface area contributed by atoms with Crippen molar-refractivity contribution in [2.75, 3.05) is 18.5 Å². The molecule has 0 saturated heterocycles. The molecule has 0 spiro atoms. The van der Waals surface area contributed by atoms with Crippen molar-refractivity contribution in [2.45, 2.75) is 39.8 Å². The number of amides is 2. The summed E-state index contributed by atoms with van der Waals surface area (Å²) in [7, 11) is 0. The zero-order chi connectivity index (χ0) is 20.5. The predicted octanol–water partition coefficient (Wildman–Crippen LogP) is 2.34. The molecule has 1 aromatic heterocycles. The number of aryl methyl sites for hydroxylation is 1. The Morgan fingerprint density at radius 3 is 2.50 bits per heavy atom. The molecule has 0 bridgehead atoms. The Kier molecular flexibility index (Phi) is 7.95. The number of nitrogens with one attached hydrogen (secondary N) is 2. The van der Waals surface area contributed by atoms with Gasteiger partial charge < -0.3 is 19.9 Å². The molecule has 150 valence electrons. The van der Waals surface area contributed by atoms with Gasteiger partial charge in [0.1, 0.15) is 6.54 Å².